The molecular formula is C8H15NO2. The van der Waals surface area contributed by atoms with Crippen molar-refractivity contribution in [2.45, 2.75) is 26.8 Å². The van der Waals surface area contributed by atoms with E-state index in [0.717, 1.165) is 0 Å². The molecule has 0 aromatic rings. The molecule has 3 nitrogen and oxygen atoms in total. The summed E-state index contributed by atoms with van der Waals surface area (Å²) in [4.78, 5) is 21.0. The zero-order chi connectivity index (χ0) is 8.85. The molecule has 0 aliphatic rings. The lowest BCUT2D eigenvalue weighted by Crippen LogP contribution is -2.32. The molecule has 0 amide bonds. The second-order valence-electron chi connectivity index (χ2n) is 2.92. The summed E-state index contributed by atoms with van der Waals surface area (Å²) in [6.07, 6.45) is 0.692. The number of hydrogen-bond acceptors (Lipinski definition) is 3. The number of carbonyl (C=O) groups is 2. The van der Waals surface area contributed by atoms with E-state index in [-0.39, 0.29) is 5.78 Å². The van der Waals surface area contributed by atoms with Crippen molar-refractivity contribution in [3.8, 4) is 0 Å². The Labute approximate surface area is 67.2 Å². The summed E-state index contributed by atoms with van der Waals surface area (Å²) in [6, 6.07) is 0.316. The summed E-state index contributed by atoms with van der Waals surface area (Å²) in [6.45, 7) is 5.83. The first-order chi connectivity index (χ1) is 5.07. The fourth-order valence-corrected chi connectivity index (χ4v) is 0.650. The van der Waals surface area contributed by atoms with Crippen LogP contribution in [-0.4, -0.2) is 24.7 Å². The highest BCUT2D eigenvalue weighted by Gasteiger charge is 2.11. The average Bonchev–Trinajstić information content (AvgIpc) is 1.87. The summed E-state index contributed by atoms with van der Waals surface area (Å²) >= 11 is 0. The van der Waals surface area contributed by atoms with E-state index >= 15 is 0 Å². The molecule has 1 unspecified atom stereocenters. The zero-order valence-corrected chi connectivity index (χ0v) is 7.26. The highest BCUT2D eigenvalue weighted by atomic mass is 16.1. The normalized spacial score (nSPS) is 13.1. The van der Waals surface area contributed by atoms with Crippen LogP contribution in [0, 0.1) is 5.92 Å². The third-order valence-corrected chi connectivity index (χ3v) is 1.43. The Bertz CT molecular complexity index is 143. The lowest BCUT2D eigenvalue weighted by Gasteiger charge is -2.10. The lowest BCUT2D eigenvalue weighted by molar-refractivity contribution is -0.125. The molecule has 0 heterocycles. The molecule has 11 heavy (non-hydrogen) atoms. The van der Waals surface area contributed by atoms with Gasteiger partial charge in [0.05, 0.1) is 5.92 Å². The van der Waals surface area contributed by atoms with Gasteiger partial charge in [0.1, 0.15) is 12.1 Å². The molecule has 0 fully saturated rings. The number of aldehydes is 1. The van der Waals surface area contributed by atoms with Gasteiger partial charge >= 0.3 is 0 Å². The largest absolute Gasteiger partial charge is 0.313 e. The third kappa shape index (κ3) is 4.67. The van der Waals surface area contributed by atoms with Gasteiger partial charge in [-0.3, -0.25) is 4.79 Å². The van der Waals surface area contributed by atoms with Crippen LogP contribution in [-0.2, 0) is 9.59 Å². The van der Waals surface area contributed by atoms with Crippen molar-refractivity contribution in [1.82, 2.24) is 5.32 Å². The van der Waals surface area contributed by atoms with Crippen LogP contribution >= 0.6 is 0 Å². The minimum atomic E-state index is -0.475. The molecule has 0 radical (unpaired) electrons. The van der Waals surface area contributed by atoms with Gasteiger partial charge in [0.25, 0.3) is 0 Å². The summed E-state index contributed by atoms with van der Waals surface area (Å²) in [5.41, 5.74) is 0. The molecule has 1 N–H and O–H groups in total. The van der Waals surface area contributed by atoms with Crippen LogP contribution in [0.25, 0.3) is 0 Å². The van der Waals surface area contributed by atoms with Crippen molar-refractivity contribution in [1.29, 1.82) is 0 Å². The molecule has 0 rings (SSSR count). The van der Waals surface area contributed by atoms with Crippen LogP contribution in [0.1, 0.15) is 20.8 Å². The van der Waals surface area contributed by atoms with Gasteiger partial charge in [-0.2, -0.15) is 0 Å². The molecule has 0 aliphatic carbocycles. The van der Waals surface area contributed by atoms with Crippen LogP contribution in [0.15, 0.2) is 0 Å². The Morgan fingerprint density at radius 1 is 1.55 bits per heavy atom. The van der Waals surface area contributed by atoms with Gasteiger partial charge in [0.15, 0.2) is 0 Å². The molecule has 0 aromatic carbocycles. The van der Waals surface area contributed by atoms with Crippen molar-refractivity contribution < 1.29 is 9.59 Å². The van der Waals surface area contributed by atoms with E-state index < -0.39 is 5.92 Å². The molecule has 3 heteroatoms. The Morgan fingerprint density at radius 2 is 2.09 bits per heavy atom. The Morgan fingerprint density at radius 3 is 2.36 bits per heavy atom. The van der Waals surface area contributed by atoms with Crippen molar-refractivity contribution in [2.24, 2.45) is 5.92 Å². The van der Waals surface area contributed by atoms with Crippen LogP contribution in [0.2, 0.25) is 0 Å². The van der Waals surface area contributed by atoms with E-state index in [1.54, 1.807) is 0 Å². The van der Waals surface area contributed by atoms with E-state index in [9.17, 15) is 9.59 Å². The van der Waals surface area contributed by atoms with E-state index in [1.807, 2.05) is 13.8 Å². The Kier molecular flexibility index (Phi) is 4.70. The minimum absolute atomic E-state index is 0.0758. The number of Topliss-reactive ketones (excluding diaryl/α,β-unsaturated/α-hetero) is 1. The van der Waals surface area contributed by atoms with Crippen molar-refractivity contribution in [3.05, 3.63) is 0 Å². The van der Waals surface area contributed by atoms with E-state index in [1.165, 1.54) is 6.92 Å². The van der Waals surface area contributed by atoms with Crippen LogP contribution < -0.4 is 5.32 Å². The molecule has 64 valence electrons. The second kappa shape index (κ2) is 5.02. The first kappa shape index (κ1) is 10.3. The monoisotopic (exact) mass is 157 g/mol. The Balaban J connectivity index is 3.70. The smallest absolute Gasteiger partial charge is 0.141 e. The summed E-state index contributed by atoms with van der Waals surface area (Å²) in [5, 5.41) is 3.03. The maximum absolute atomic E-state index is 10.7. The Hall–Kier alpha value is -0.700. The quantitative estimate of drug-likeness (QED) is 0.464. The number of hydrogen-bond donors (Lipinski definition) is 1. The maximum Gasteiger partial charge on any atom is 0.141 e. The number of ketones is 1. The molecule has 0 aromatic heterocycles. The number of rotatable bonds is 5. The van der Waals surface area contributed by atoms with Gasteiger partial charge in [-0.15, -0.1) is 0 Å². The van der Waals surface area contributed by atoms with Gasteiger partial charge in [-0.25, -0.2) is 0 Å². The standard InChI is InChI=1S/C8H15NO2/c1-6(2)9-4-8(5-10)7(3)11/h5-6,8-9H,4H2,1-3H3. The highest BCUT2D eigenvalue weighted by molar-refractivity contribution is 5.91. The zero-order valence-electron chi connectivity index (χ0n) is 7.26. The van der Waals surface area contributed by atoms with Crippen LogP contribution in [0.5, 0.6) is 0 Å². The SMILES string of the molecule is CC(=O)C(C=O)CNC(C)C. The van der Waals surface area contributed by atoms with Crippen molar-refractivity contribution in [2.75, 3.05) is 6.54 Å². The first-order valence-corrected chi connectivity index (χ1v) is 3.77. The van der Waals surface area contributed by atoms with Crippen LogP contribution in [0.4, 0.5) is 0 Å². The average molecular weight is 157 g/mol. The predicted octanol–water partition coefficient (Wildman–Crippen LogP) is 0.388. The molecular weight excluding hydrogens is 142 g/mol. The maximum atomic E-state index is 10.7. The van der Waals surface area contributed by atoms with Gasteiger partial charge in [0, 0.05) is 12.6 Å². The first-order valence-electron chi connectivity index (χ1n) is 3.77. The van der Waals surface area contributed by atoms with Gasteiger partial charge in [0.2, 0.25) is 0 Å². The van der Waals surface area contributed by atoms with Gasteiger partial charge < -0.3 is 10.1 Å². The summed E-state index contributed by atoms with van der Waals surface area (Å²) < 4.78 is 0. The van der Waals surface area contributed by atoms with E-state index in [4.69, 9.17) is 0 Å². The number of carbonyl (C=O) groups excluding carboxylic acids is 2. The number of nitrogens with one attached hydrogen (secondary N) is 1. The second-order valence-corrected chi connectivity index (χ2v) is 2.92. The minimum Gasteiger partial charge on any atom is -0.313 e. The van der Waals surface area contributed by atoms with Crippen LogP contribution in [0.3, 0.4) is 0 Å². The van der Waals surface area contributed by atoms with E-state index in [2.05, 4.69) is 5.32 Å². The molecule has 0 aliphatic heterocycles. The molecule has 0 saturated carbocycles. The summed E-state index contributed by atoms with van der Waals surface area (Å²) in [5.74, 6) is -0.550. The topological polar surface area (TPSA) is 46.2 Å². The van der Waals surface area contributed by atoms with Gasteiger partial charge in [-0.1, -0.05) is 13.8 Å². The third-order valence-electron chi connectivity index (χ3n) is 1.43. The fraction of sp³-hybridized carbons (Fsp3) is 0.750. The lowest BCUT2D eigenvalue weighted by atomic mass is 10.1. The molecule has 0 bridgehead atoms. The van der Waals surface area contributed by atoms with E-state index in [0.29, 0.717) is 18.9 Å². The van der Waals surface area contributed by atoms with Crippen molar-refractivity contribution in [3.63, 3.8) is 0 Å². The molecule has 0 spiro atoms. The summed E-state index contributed by atoms with van der Waals surface area (Å²) in [7, 11) is 0. The highest BCUT2D eigenvalue weighted by Crippen LogP contribution is 1.92. The molecule has 1 atom stereocenters. The van der Waals surface area contributed by atoms with Gasteiger partial charge in [-0.05, 0) is 6.92 Å². The molecule has 0 saturated heterocycles. The predicted molar refractivity (Wildman–Crippen MR) is 43.4 cm³/mol. The fourth-order valence-electron chi connectivity index (χ4n) is 0.650. The van der Waals surface area contributed by atoms with Crippen molar-refractivity contribution >= 4 is 12.1 Å².